The van der Waals surface area contributed by atoms with Crippen molar-refractivity contribution in [1.82, 2.24) is 0 Å². The van der Waals surface area contributed by atoms with E-state index in [4.69, 9.17) is 11.0 Å². The number of hydrogen-bond donors (Lipinski definition) is 1. The first-order valence-electron chi connectivity index (χ1n) is 5.30. The van der Waals surface area contributed by atoms with Crippen LogP contribution in [-0.4, -0.2) is 29.9 Å². The predicted octanol–water partition coefficient (Wildman–Crippen LogP) is 0.485. The molecule has 0 amide bonds. The Morgan fingerprint density at radius 1 is 1.33 bits per heavy atom. The van der Waals surface area contributed by atoms with Crippen LogP contribution >= 0.6 is 0 Å². The van der Waals surface area contributed by atoms with Crippen molar-refractivity contribution in [2.75, 3.05) is 0 Å². The van der Waals surface area contributed by atoms with Crippen LogP contribution in [-0.2, 0) is 0 Å². The molecule has 18 heavy (non-hydrogen) atoms. The molecule has 6 nitrogen and oxygen atoms in total. The molecule has 0 bridgehead atoms. The largest absolute Gasteiger partial charge is 0.385 e. The third-order valence-corrected chi connectivity index (χ3v) is 2.64. The van der Waals surface area contributed by atoms with Gasteiger partial charge in [-0.25, -0.2) is 20.0 Å². The highest BCUT2D eigenvalue weighted by molar-refractivity contribution is 6.24. The van der Waals surface area contributed by atoms with E-state index in [2.05, 4.69) is 26.0 Å². The maximum absolute atomic E-state index is 8.86. The molecule has 86 valence electrons. The highest BCUT2D eigenvalue weighted by atomic mass is 15.2. The van der Waals surface area contributed by atoms with E-state index in [1.807, 2.05) is 6.07 Å². The van der Waals surface area contributed by atoms with Crippen LogP contribution in [0.15, 0.2) is 44.2 Å². The Morgan fingerprint density at radius 2 is 2.22 bits per heavy atom. The molecule has 0 fully saturated rings. The lowest BCUT2D eigenvalue weighted by atomic mass is 10.1. The molecule has 3 rings (SSSR count). The van der Waals surface area contributed by atoms with Gasteiger partial charge in [-0.15, -0.1) is 0 Å². The Bertz CT molecular complexity index is 674. The Labute approximate surface area is 103 Å². The van der Waals surface area contributed by atoms with Crippen LogP contribution in [0.3, 0.4) is 0 Å². The van der Waals surface area contributed by atoms with Gasteiger partial charge in [-0.3, -0.25) is 0 Å². The van der Waals surface area contributed by atoms with Gasteiger partial charge in [0, 0.05) is 5.56 Å². The van der Waals surface area contributed by atoms with Crippen molar-refractivity contribution in [1.29, 1.82) is 5.26 Å². The molecule has 2 aliphatic heterocycles. The summed E-state index contributed by atoms with van der Waals surface area (Å²) in [6.07, 6.45) is 1.37. The van der Waals surface area contributed by atoms with Crippen molar-refractivity contribution >= 4 is 23.8 Å². The van der Waals surface area contributed by atoms with Gasteiger partial charge in [0.05, 0.1) is 11.6 Å². The second-order valence-corrected chi connectivity index (χ2v) is 3.82. The summed E-state index contributed by atoms with van der Waals surface area (Å²) in [7, 11) is 0. The molecule has 0 aromatic heterocycles. The number of nitrogens with zero attached hydrogens (tertiary/aromatic N) is 5. The first-order chi connectivity index (χ1) is 8.78. The maximum Gasteiger partial charge on any atom is 0.169 e. The Hall–Kier alpha value is -2.81. The average molecular weight is 236 g/mol. The van der Waals surface area contributed by atoms with Gasteiger partial charge in [-0.05, 0) is 12.1 Å². The number of benzene rings is 1. The zero-order valence-corrected chi connectivity index (χ0v) is 9.28. The minimum Gasteiger partial charge on any atom is -0.385 e. The highest BCUT2D eigenvalue weighted by Gasteiger charge is 2.28. The van der Waals surface area contributed by atoms with Crippen LogP contribution < -0.4 is 5.73 Å². The van der Waals surface area contributed by atoms with E-state index in [0.29, 0.717) is 23.1 Å². The lowest BCUT2D eigenvalue weighted by molar-refractivity contribution is 1.11. The minimum atomic E-state index is -0.393. The lowest BCUT2D eigenvalue weighted by Crippen LogP contribution is -2.34. The fourth-order valence-electron chi connectivity index (χ4n) is 1.77. The van der Waals surface area contributed by atoms with Gasteiger partial charge >= 0.3 is 0 Å². The molecule has 1 unspecified atom stereocenters. The molecule has 2 aliphatic rings. The minimum absolute atomic E-state index is 0.384. The summed E-state index contributed by atoms with van der Waals surface area (Å²) >= 11 is 0. The Morgan fingerprint density at radius 3 is 3.00 bits per heavy atom. The molecule has 6 heteroatoms. The van der Waals surface area contributed by atoms with Crippen LogP contribution in [0.4, 0.5) is 0 Å². The summed E-state index contributed by atoms with van der Waals surface area (Å²) in [6.45, 7) is 0. The van der Waals surface area contributed by atoms with Gasteiger partial charge in [0.1, 0.15) is 12.2 Å². The van der Waals surface area contributed by atoms with Crippen molar-refractivity contribution < 1.29 is 0 Å². The van der Waals surface area contributed by atoms with Crippen LogP contribution in [0, 0.1) is 11.3 Å². The number of fused-ring (bicyclic) bond motifs is 1. The second kappa shape index (κ2) is 3.89. The van der Waals surface area contributed by atoms with E-state index in [-0.39, 0.29) is 0 Å². The Kier molecular flexibility index (Phi) is 2.24. The molecule has 1 atom stereocenters. The van der Waals surface area contributed by atoms with Crippen LogP contribution in [0.25, 0.3) is 0 Å². The molecule has 0 saturated heterocycles. The summed E-state index contributed by atoms with van der Waals surface area (Å²) in [5.41, 5.74) is 7.08. The average Bonchev–Trinajstić information content (AvgIpc) is 2.84. The van der Waals surface area contributed by atoms with Gasteiger partial charge in [-0.1, -0.05) is 12.1 Å². The van der Waals surface area contributed by atoms with Crippen LogP contribution in [0.1, 0.15) is 11.1 Å². The number of amidine groups is 3. The van der Waals surface area contributed by atoms with E-state index in [9.17, 15) is 0 Å². The SMILES string of the molecule is N#Cc1cccc(C2=NC3C(N)=NC=NC3=N2)c1. The molecule has 0 radical (unpaired) electrons. The zero-order chi connectivity index (χ0) is 12.5. The van der Waals surface area contributed by atoms with Gasteiger partial charge < -0.3 is 5.73 Å². The summed E-state index contributed by atoms with van der Waals surface area (Å²) in [4.78, 5) is 16.6. The van der Waals surface area contributed by atoms with Crippen LogP contribution in [0.5, 0.6) is 0 Å². The van der Waals surface area contributed by atoms with E-state index < -0.39 is 6.04 Å². The normalized spacial score (nSPS) is 20.6. The van der Waals surface area contributed by atoms with E-state index in [1.165, 1.54) is 6.34 Å². The standard InChI is InChI=1S/C12H8N6/c13-5-7-2-1-3-8(4-7)11-17-9-10(14)15-6-16-12(9)18-11/h1-4,6,9H,(H2,14,15,16,17,18). The first kappa shape index (κ1) is 10.4. The molecule has 1 aromatic rings. The molecule has 0 spiro atoms. The number of nitriles is 1. The molecular formula is C12H8N6. The number of rotatable bonds is 1. The number of nitrogens with two attached hydrogens (primary N) is 1. The Balaban J connectivity index is 2.03. The fraction of sp³-hybridized carbons (Fsp3) is 0.0833. The lowest BCUT2D eigenvalue weighted by Gasteiger charge is -2.08. The zero-order valence-electron chi connectivity index (χ0n) is 9.28. The van der Waals surface area contributed by atoms with Crippen molar-refractivity contribution in [2.24, 2.45) is 25.7 Å². The summed E-state index contributed by atoms with van der Waals surface area (Å²) < 4.78 is 0. The van der Waals surface area contributed by atoms with Gasteiger partial charge in [-0.2, -0.15) is 5.26 Å². The first-order valence-corrected chi connectivity index (χ1v) is 5.30. The molecule has 1 aromatic carbocycles. The highest BCUT2D eigenvalue weighted by Crippen LogP contribution is 2.16. The molecule has 0 aliphatic carbocycles. The monoisotopic (exact) mass is 236 g/mol. The van der Waals surface area contributed by atoms with Gasteiger partial charge in [0.15, 0.2) is 17.7 Å². The maximum atomic E-state index is 8.86. The fourth-order valence-corrected chi connectivity index (χ4v) is 1.77. The van der Waals surface area contributed by atoms with E-state index >= 15 is 0 Å². The van der Waals surface area contributed by atoms with Gasteiger partial charge in [0.25, 0.3) is 0 Å². The quantitative estimate of drug-likeness (QED) is 0.767. The van der Waals surface area contributed by atoms with Crippen molar-refractivity contribution in [3.63, 3.8) is 0 Å². The van der Waals surface area contributed by atoms with E-state index in [1.54, 1.807) is 18.2 Å². The number of aliphatic imine (C=N–C) groups is 4. The van der Waals surface area contributed by atoms with Crippen molar-refractivity contribution in [3.05, 3.63) is 35.4 Å². The topological polar surface area (TPSA) is 99.2 Å². The van der Waals surface area contributed by atoms with Crippen molar-refractivity contribution in [3.8, 4) is 6.07 Å². The molecular weight excluding hydrogens is 228 g/mol. The number of hydrogen-bond acceptors (Lipinski definition) is 6. The molecule has 2 N–H and O–H groups in total. The summed E-state index contributed by atoms with van der Waals surface area (Å²) in [5, 5.41) is 8.86. The van der Waals surface area contributed by atoms with E-state index in [0.717, 1.165) is 5.56 Å². The van der Waals surface area contributed by atoms with Crippen molar-refractivity contribution in [2.45, 2.75) is 6.04 Å². The summed E-state index contributed by atoms with van der Waals surface area (Å²) in [6, 6.07) is 8.79. The summed E-state index contributed by atoms with van der Waals surface area (Å²) in [5.74, 6) is 1.46. The third-order valence-electron chi connectivity index (χ3n) is 2.64. The predicted molar refractivity (Wildman–Crippen MR) is 69.0 cm³/mol. The smallest absolute Gasteiger partial charge is 0.169 e. The molecule has 2 heterocycles. The second-order valence-electron chi connectivity index (χ2n) is 3.82. The molecule has 0 saturated carbocycles. The van der Waals surface area contributed by atoms with Crippen LogP contribution in [0.2, 0.25) is 0 Å². The van der Waals surface area contributed by atoms with Gasteiger partial charge in [0.2, 0.25) is 0 Å². The third kappa shape index (κ3) is 1.58.